The normalized spacial score (nSPS) is 11.3. The molecule has 27 heavy (non-hydrogen) atoms. The summed E-state index contributed by atoms with van der Waals surface area (Å²) in [4.78, 5) is 12.1. The number of para-hydroxylation sites is 1. The Morgan fingerprint density at radius 1 is 1.15 bits per heavy atom. The summed E-state index contributed by atoms with van der Waals surface area (Å²) >= 11 is 0. The summed E-state index contributed by atoms with van der Waals surface area (Å²) in [5.74, 6) is 0.546. The maximum absolute atomic E-state index is 12.1. The summed E-state index contributed by atoms with van der Waals surface area (Å²) in [6.45, 7) is 0.0510. The zero-order chi connectivity index (χ0) is 18.6. The molecule has 0 saturated carbocycles. The van der Waals surface area contributed by atoms with Crippen LogP contribution in [0.25, 0.3) is 21.8 Å². The van der Waals surface area contributed by atoms with Crippen molar-refractivity contribution in [3.63, 3.8) is 0 Å². The van der Waals surface area contributed by atoms with E-state index in [0.29, 0.717) is 0 Å². The van der Waals surface area contributed by atoms with Crippen molar-refractivity contribution in [2.75, 3.05) is 7.11 Å². The van der Waals surface area contributed by atoms with Crippen LogP contribution in [0.15, 0.2) is 65.8 Å². The van der Waals surface area contributed by atoms with Crippen molar-refractivity contribution in [2.45, 2.75) is 6.54 Å². The fraction of sp³-hybridized carbons (Fsp3) is 0.100. The molecule has 4 aromatic rings. The predicted octanol–water partition coefficient (Wildman–Crippen LogP) is 2.74. The van der Waals surface area contributed by atoms with Crippen LogP contribution in [-0.4, -0.2) is 34.2 Å². The van der Waals surface area contributed by atoms with E-state index in [2.05, 4.69) is 20.8 Å². The molecule has 0 aliphatic heterocycles. The summed E-state index contributed by atoms with van der Waals surface area (Å²) in [5.41, 5.74) is 4.97. The fourth-order valence-corrected chi connectivity index (χ4v) is 2.83. The minimum absolute atomic E-state index is 0.0510. The lowest BCUT2D eigenvalue weighted by Gasteiger charge is -2.03. The molecule has 0 saturated heterocycles. The third kappa shape index (κ3) is 3.62. The molecule has 134 valence electrons. The Kier molecular flexibility index (Phi) is 4.49. The molecule has 7 nitrogen and oxygen atoms in total. The monoisotopic (exact) mass is 359 g/mol. The number of amides is 1. The van der Waals surface area contributed by atoms with Gasteiger partial charge in [0, 0.05) is 0 Å². The van der Waals surface area contributed by atoms with Gasteiger partial charge in [-0.05, 0) is 46.7 Å². The largest absolute Gasteiger partial charge is 0.497 e. The first-order valence-electron chi connectivity index (χ1n) is 8.41. The van der Waals surface area contributed by atoms with Gasteiger partial charge in [0.25, 0.3) is 5.91 Å². The van der Waals surface area contributed by atoms with Crippen molar-refractivity contribution in [3.05, 3.63) is 66.2 Å². The van der Waals surface area contributed by atoms with Crippen LogP contribution in [0.2, 0.25) is 0 Å². The van der Waals surface area contributed by atoms with Crippen molar-refractivity contribution < 1.29 is 9.53 Å². The van der Waals surface area contributed by atoms with Crippen molar-refractivity contribution in [3.8, 4) is 5.75 Å². The Balaban J connectivity index is 1.42. The molecule has 0 bridgehead atoms. The van der Waals surface area contributed by atoms with Crippen LogP contribution >= 0.6 is 0 Å². The lowest BCUT2D eigenvalue weighted by atomic mass is 10.1. The van der Waals surface area contributed by atoms with Crippen LogP contribution in [0.5, 0.6) is 5.75 Å². The number of benzene rings is 3. The SMILES string of the molecule is COc1ccc2cc(/C=N\NC(=O)Cn3nnc4ccccc43)ccc2c1. The minimum atomic E-state index is -0.271. The van der Waals surface area contributed by atoms with Gasteiger partial charge in [-0.1, -0.05) is 35.5 Å². The lowest BCUT2D eigenvalue weighted by molar-refractivity contribution is -0.121. The van der Waals surface area contributed by atoms with Crippen molar-refractivity contribution in [1.82, 2.24) is 20.4 Å². The van der Waals surface area contributed by atoms with E-state index in [9.17, 15) is 4.79 Å². The summed E-state index contributed by atoms with van der Waals surface area (Å²) in [6.07, 6.45) is 1.61. The van der Waals surface area contributed by atoms with E-state index in [-0.39, 0.29) is 12.5 Å². The highest BCUT2D eigenvalue weighted by molar-refractivity contribution is 5.91. The van der Waals surface area contributed by atoms with Gasteiger partial charge in [-0.2, -0.15) is 5.10 Å². The van der Waals surface area contributed by atoms with E-state index in [4.69, 9.17) is 4.74 Å². The molecule has 3 aromatic carbocycles. The molecule has 0 atom stereocenters. The predicted molar refractivity (Wildman–Crippen MR) is 104 cm³/mol. The number of aromatic nitrogens is 3. The topological polar surface area (TPSA) is 81.4 Å². The number of rotatable bonds is 5. The van der Waals surface area contributed by atoms with E-state index in [1.807, 2.05) is 60.7 Å². The summed E-state index contributed by atoms with van der Waals surface area (Å²) in [5, 5.41) is 14.2. The number of carbonyl (C=O) groups excluding carboxylic acids is 1. The summed E-state index contributed by atoms with van der Waals surface area (Å²) < 4.78 is 6.77. The number of hydrogen-bond donors (Lipinski definition) is 1. The van der Waals surface area contributed by atoms with Crippen molar-refractivity contribution in [1.29, 1.82) is 0 Å². The zero-order valence-corrected chi connectivity index (χ0v) is 14.7. The number of methoxy groups -OCH3 is 1. The third-order valence-electron chi connectivity index (χ3n) is 4.19. The first kappa shape index (κ1) is 16.7. The molecule has 0 fully saturated rings. The number of nitrogens with zero attached hydrogens (tertiary/aromatic N) is 4. The first-order valence-corrected chi connectivity index (χ1v) is 8.41. The fourth-order valence-electron chi connectivity index (χ4n) is 2.83. The molecule has 1 amide bonds. The number of fused-ring (bicyclic) bond motifs is 2. The summed E-state index contributed by atoms with van der Waals surface area (Å²) in [7, 11) is 1.65. The number of carbonyl (C=O) groups is 1. The molecule has 1 aromatic heterocycles. The van der Waals surface area contributed by atoms with Gasteiger partial charge in [0.2, 0.25) is 0 Å². The van der Waals surface area contributed by atoms with Crippen LogP contribution in [0.1, 0.15) is 5.56 Å². The summed E-state index contributed by atoms with van der Waals surface area (Å²) in [6, 6.07) is 19.3. The highest BCUT2D eigenvalue weighted by atomic mass is 16.5. The van der Waals surface area contributed by atoms with Gasteiger partial charge < -0.3 is 4.74 Å². The smallest absolute Gasteiger partial charge is 0.261 e. The maximum Gasteiger partial charge on any atom is 0.261 e. The molecule has 0 unspecified atom stereocenters. The van der Waals surface area contributed by atoms with Gasteiger partial charge >= 0.3 is 0 Å². The Morgan fingerprint density at radius 2 is 1.96 bits per heavy atom. The Labute approximate surface area is 155 Å². The van der Waals surface area contributed by atoms with E-state index in [1.54, 1.807) is 18.0 Å². The molecule has 4 rings (SSSR count). The van der Waals surface area contributed by atoms with Crippen molar-refractivity contribution >= 4 is 33.9 Å². The van der Waals surface area contributed by atoms with Gasteiger partial charge in [0.05, 0.1) is 18.8 Å². The second kappa shape index (κ2) is 7.25. The highest BCUT2D eigenvalue weighted by Gasteiger charge is 2.07. The molecular formula is C20H17N5O2. The molecule has 0 aliphatic rings. The number of hydrogen-bond acceptors (Lipinski definition) is 5. The maximum atomic E-state index is 12.1. The molecule has 7 heteroatoms. The molecule has 0 radical (unpaired) electrons. The molecule has 1 heterocycles. The number of ether oxygens (including phenoxy) is 1. The van der Waals surface area contributed by atoms with E-state index in [0.717, 1.165) is 33.1 Å². The van der Waals surface area contributed by atoms with Gasteiger partial charge in [0.1, 0.15) is 17.8 Å². The van der Waals surface area contributed by atoms with Gasteiger partial charge in [0.15, 0.2) is 0 Å². The number of hydrazone groups is 1. The average molecular weight is 359 g/mol. The number of nitrogens with one attached hydrogen (secondary N) is 1. The average Bonchev–Trinajstić information content (AvgIpc) is 3.10. The van der Waals surface area contributed by atoms with Crippen molar-refractivity contribution in [2.24, 2.45) is 5.10 Å². The van der Waals surface area contributed by atoms with Crippen LogP contribution < -0.4 is 10.2 Å². The van der Waals surface area contributed by atoms with E-state index >= 15 is 0 Å². The van der Waals surface area contributed by atoms with Crippen LogP contribution in [0.3, 0.4) is 0 Å². The van der Waals surface area contributed by atoms with Crippen LogP contribution in [0, 0.1) is 0 Å². The standard InChI is InChI=1S/C20H17N5O2/c1-27-17-9-8-15-10-14(6-7-16(15)11-17)12-21-23-20(26)13-25-19-5-3-2-4-18(19)22-24-25/h2-12H,13H2,1H3,(H,23,26)/b21-12-. The first-order chi connectivity index (χ1) is 13.2. The Morgan fingerprint density at radius 3 is 2.85 bits per heavy atom. The minimum Gasteiger partial charge on any atom is -0.497 e. The molecule has 1 N–H and O–H groups in total. The molecule has 0 aliphatic carbocycles. The van der Waals surface area contributed by atoms with Gasteiger partial charge in [-0.25, -0.2) is 10.1 Å². The van der Waals surface area contributed by atoms with Crippen LogP contribution in [-0.2, 0) is 11.3 Å². The van der Waals surface area contributed by atoms with E-state index in [1.165, 1.54) is 0 Å². The van der Waals surface area contributed by atoms with Gasteiger partial charge in [-0.3, -0.25) is 4.79 Å². The molecule has 0 spiro atoms. The third-order valence-corrected chi connectivity index (χ3v) is 4.19. The second-order valence-electron chi connectivity index (χ2n) is 6.00. The van der Waals surface area contributed by atoms with Gasteiger partial charge in [-0.15, -0.1) is 5.10 Å². The second-order valence-corrected chi connectivity index (χ2v) is 6.00. The zero-order valence-electron chi connectivity index (χ0n) is 14.7. The Hall–Kier alpha value is -3.74. The Bertz CT molecular complexity index is 1150. The van der Waals surface area contributed by atoms with Crippen LogP contribution in [0.4, 0.5) is 0 Å². The molecular weight excluding hydrogens is 342 g/mol. The quantitative estimate of drug-likeness (QED) is 0.439. The lowest BCUT2D eigenvalue weighted by Crippen LogP contribution is -2.23. The highest BCUT2D eigenvalue weighted by Crippen LogP contribution is 2.21. The van der Waals surface area contributed by atoms with E-state index < -0.39 is 0 Å².